The molecule has 0 saturated heterocycles. The molecule has 4 heteroatoms. The number of hydrogen-bond donors (Lipinski definition) is 0. The minimum atomic E-state index is 0.949. The lowest BCUT2D eigenvalue weighted by atomic mass is 9.97. The zero-order chi connectivity index (χ0) is 28.5. The van der Waals surface area contributed by atoms with Gasteiger partial charge in [0.05, 0.1) is 9.75 Å². The lowest BCUT2D eigenvalue weighted by Crippen LogP contribution is -1.82. The monoisotopic (exact) mass is 590 g/mol. The van der Waals surface area contributed by atoms with Crippen LogP contribution in [0, 0.1) is 0 Å². The van der Waals surface area contributed by atoms with Crippen LogP contribution in [0.25, 0.3) is 64.8 Å². The normalized spacial score (nSPS) is 12.0. The van der Waals surface area contributed by atoms with Crippen LogP contribution in [0.4, 0.5) is 0 Å². The Morgan fingerprint density at radius 3 is 1.36 bits per heavy atom. The SMILES string of the molecule is CCCCCCc1csc(-c2cc3c(ccc4c3ccc3c5cc(-c6cc(CCCCCC)cs6)oc5ccc34)o2)c1. The van der Waals surface area contributed by atoms with Gasteiger partial charge in [0, 0.05) is 10.8 Å². The maximum absolute atomic E-state index is 6.39. The minimum Gasteiger partial charge on any atom is -0.455 e. The quantitative estimate of drug-likeness (QED) is 0.104. The molecule has 0 aliphatic heterocycles. The third-order valence-corrected chi connectivity index (χ3v) is 10.6. The first-order chi connectivity index (χ1) is 20.7. The van der Waals surface area contributed by atoms with Crippen molar-refractivity contribution in [1.29, 1.82) is 0 Å². The maximum Gasteiger partial charge on any atom is 0.145 e. The molecule has 0 N–H and O–H groups in total. The number of fused-ring (bicyclic) bond motifs is 7. The van der Waals surface area contributed by atoms with Crippen LogP contribution in [0.2, 0.25) is 0 Å². The van der Waals surface area contributed by atoms with Crippen LogP contribution in [0.1, 0.15) is 76.3 Å². The predicted octanol–water partition coefficient (Wildman–Crippen LogP) is 13.2. The second-order valence-corrected chi connectivity index (χ2v) is 13.5. The van der Waals surface area contributed by atoms with Crippen molar-refractivity contribution in [3.63, 3.8) is 0 Å². The summed E-state index contributed by atoms with van der Waals surface area (Å²) in [6, 6.07) is 22.4. The summed E-state index contributed by atoms with van der Waals surface area (Å²) in [4.78, 5) is 2.44. The first-order valence-corrected chi connectivity index (χ1v) is 17.4. The molecule has 2 nitrogen and oxygen atoms in total. The molecule has 214 valence electrons. The lowest BCUT2D eigenvalue weighted by Gasteiger charge is -2.05. The number of rotatable bonds is 12. The second-order valence-electron chi connectivity index (χ2n) is 11.7. The number of hydrogen-bond acceptors (Lipinski definition) is 4. The van der Waals surface area contributed by atoms with Crippen molar-refractivity contribution in [2.75, 3.05) is 0 Å². The van der Waals surface area contributed by atoms with Crippen molar-refractivity contribution in [3.8, 4) is 21.3 Å². The lowest BCUT2D eigenvalue weighted by molar-refractivity contribution is 0.633. The topological polar surface area (TPSA) is 26.3 Å². The Labute approximate surface area is 256 Å². The van der Waals surface area contributed by atoms with Gasteiger partial charge in [-0.05, 0) is 106 Å². The third kappa shape index (κ3) is 5.31. The van der Waals surface area contributed by atoms with E-state index in [1.165, 1.54) is 105 Å². The highest BCUT2D eigenvalue weighted by atomic mass is 32.1. The molecular weight excluding hydrogens is 553 g/mol. The molecule has 3 aromatic carbocycles. The maximum atomic E-state index is 6.39. The fourth-order valence-corrected chi connectivity index (χ4v) is 8.09. The third-order valence-electron chi connectivity index (χ3n) is 8.62. The summed E-state index contributed by atoms with van der Waals surface area (Å²) in [6.07, 6.45) is 12.7. The van der Waals surface area contributed by atoms with Crippen molar-refractivity contribution in [2.45, 2.75) is 78.1 Å². The number of aryl methyl sites for hydroxylation is 2. The van der Waals surface area contributed by atoms with Crippen molar-refractivity contribution in [3.05, 3.63) is 82.6 Å². The molecule has 0 spiro atoms. The van der Waals surface area contributed by atoms with E-state index in [1.807, 2.05) is 0 Å². The predicted molar refractivity (Wildman–Crippen MR) is 183 cm³/mol. The van der Waals surface area contributed by atoms with Gasteiger partial charge in [-0.3, -0.25) is 0 Å². The molecule has 4 aromatic heterocycles. The highest BCUT2D eigenvalue weighted by Crippen LogP contribution is 2.41. The highest BCUT2D eigenvalue weighted by Gasteiger charge is 2.16. The van der Waals surface area contributed by atoms with Crippen molar-refractivity contribution < 1.29 is 8.83 Å². The molecule has 0 fully saturated rings. The van der Waals surface area contributed by atoms with Gasteiger partial charge in [-0.2, -0.15) is 0 Å². The van der Waals surface area contributed by atoms with Crippen LogP contribution in [0.15, 0.2) is 80.3 Å². The summed E-state index contributed by atoms with van der Waals surface area (Å²) < 4.78 is 12.8. The van der Waals surface area contributed by atoms with Gasteiger partial charge in [-0.25, -0.2) is 0 Å². The molecule has 42 heavy (non-hydrogen) atoms. The molecule has 0 radical (unpaired) electrons. The van der Waals surface area contributed by atoms with Crippen molar-refractivity contribution in [1.82, 2.24) is 0 Å². The Balaban J connectivity index is 1.19. The van der Waals surface area contributed by atoms with Crippen LogP contribution in [0.3, 0.4) is 0 Å². The molecule has 7 aromatic rings. The molecule has 4 heterocycles. The van der Waals surface area contributed by atoms with E-state index < -0.39 is 0 Å². The molecular formula is C38H38O2S2. The molecule has 0 aliphatic carbocycles. The molecule has 0 bridgehead atoms. The van der Waals surface area contributed by atoms with Gasteiger partial charge in [-0.1, -0.05) is 76.6 Å². The molecule has 0 unspecified atom stereocenters. The standard InChI is InChI=1S/C38H38O2S2/c1-3-5-7-9-11-25-19-37(41-23-25)35-21-31-29-13-14-30-28(27(29)15-17-33(31)39-35)16-18-34-32(30)22-36(40-34)38-20-26(24-42-38)12-10-8-6-4-2/h13-24H,3-12H2,1-2H3. The van der Waals surface area contributed by atoms with Gasteiger partial charge in [-0.15, -0.1) is 22.7 Å². The summed E-state index contributed by atoms with van der Waals surface area (Å²) in [5.74, 6) is 1.94. The Morgan fingerprint density at radius 1 is 0.476 bits per heavy atom. The molecule has 0 atom stereocenters. The highest BCUT2D eigenvalue weighted by molar-refractivity contribution is 7.14. The second kappa shape index (κ2) is 12.1. The Hall–Kier alpha value is -3.34. The van der Waals surface area contributed by atoms with E-state index in [0.717, 1.165) is 35.5 Å². The van der Waals surface area contributed by atoms with Gasteiger partial charge in [0.25, 0.3) is 0 Å². The van der Waals surface area contributed by atoms with E-state index in [-0.39, 0.29) is 0 Å². The zero-order valence-electron chi connectivity index (χ0n) is 24.6. The van der Waals surface area contributed by atoms with E-state index in [2.05, 4.69) is 85.3 Å². The van der Waals surface area contributed by atoms with Crippen molar-refractivity contribution >= 4 is 66.2 Å². The fourth-order valence-electron chi connectivity index (χ4n) is 6.29. The summed E-state index contributed by atoms with van der Waals surface area (Å²) in [5, 5.41) is 11.9. The van der Waals surface area contributed by atoms with Gasteiger partial charge in [0.2, 0.25) is 0 Å². The largest absolute Gasteiger partial charge is 0.455 e. The van der Waals surface area contributed by atoms with Gasteiger partial charge in [0.15, 0.2) is 0 Å². The van der Waals surface area contributed by atoms with E-state index in [9.17, 15) is 0 Å². The van der Waals surface area contributed by atoms with Crippen LogP contribution in [-0.2, 0) is 12.8 Å². The smallest absolute Gasteiger partial charge is 0.145 e. The minimum absolute atomic E-state index is 0.949. The van der Waals surface area contributed by atoms with Crippen LogP contribution in [0.5, 0.6) is 0 Å². The number of unbranched alkanes of at least 4 members (excludes halogenated alkanes) is 6. The van der Waals surface area contributed by atoms with E-state index >= 15 is 0 Å². The average Bonchev–Trinajstić information content (AvgIpc) is 3.82. The summed E-state index contributed by atoms with van der Waals surface area (Å²) in [5.41, 5.74) is 4.75. The van der Waals surface area contributed by atoms with E-state index in [4.69, 9.17) is 8.83 Å². The Bertz CT molecular complexity index is 1840. The average molecular weight is 591 g/mol. The van der Waals surface area contributed by atoms with Crippen LogP contribution >= 0.6 is 22.7 Å². The van der Waals surface area contributed by atoms with Crippen molar-refractivity contribution in [2.24, 2.45) is 0 Å². The first-order valence-electron chi connectivity index (χ1n) is 15.7. The summed E-state index contributed by atoms with van der Waals surface area (Å²) >= 11 is 3.59. The Morgan fingerprint density at radius 2 is 0.905 bits per heavy atom. The summed E-state index contributed by atoms with van der Waals surface area (Å²) in [6.45, 7) is 4.53. The van der Waals surface area contributed by atoms with E-state index in [1.54, 1.807) is 22.7 Å². The number of benzene rings is 3. The molecule has 0 amide bonds. The number of furan rings is 2. The first kappa shape index (κ1) is 27.5. The Kier molecular flexibility index (Phi) is 7.92. The molecule has 0 aliphatic rings. The van der Waals surface area contributed by atoms with E-state index in [0.29, 0.717) is 0 Å². The molecule has 7 rings (SSSR count). The zero-order valence-corrected chi connectivity index (χ0v) is 26.3. The fraction of sp³-hybridized carbons (Fsp3) is 0.316. The van der Waals surface area contributed by atoms with Gasteiger partial charge in [0.1, 0.15) is 22.7 Å². The van der Waals surface area contributed by atoms with Crippen LogP contribution in [-0.4, -0.2) is 0 Å². The van der Waals surface area contributed by atoms with Crippen LogP contribution < -0.4 is 0 Å². The van der Waals surface area contributed by atoms with Gasteiger partial charge < -0.3 is 8.83 Å². The number of thiophene rings is 2. The van der Waals surface area contributed by atoms with Gasteiger partial charge >= 0.3 is 0 Å². The summed E-state index contributed by atoms with van der Waals surface area (Å²) in [7, 11) is 0. The molecule has 0 saturated carbocycles.